The number of anilines is 2. The summed E-state index contributed by atoms with van der Waals surface area (Å²) in [4.78, 5) is 2.93. The van der Waals surface area contributed by atoms with Gasteiger partial charge in [0.05, 0.1) is 0 Å². The summed E-state index contributed by atoms with van der Waals surface area (Å²) in [7, 11) is -1.73. The van der Waals surface area contributed by atoms with E-state index in [-0.39, 0.29) is 5.16 Å². The summed E-state index contributed by atoms with van der Waals surface area (Å²) >= 11 is 0. The largest absolute Gasteiger partial charge is 0.324 e. The lowest BCUT2D eigenvalue weighted by Crippen LogP contribution is -2.44. The molecule has 0 bridgehead atoms. The predicted octanol–water partition coefficient (Wildman–Crippen LogP) is 1.90. The van der Waals surface area contributed by atoms with Gasteiger partial charge < -0.3 is 10.6 Å². The van der Waals surface area contributed by atoms with Crippen LogP contribution < -0.4 is 10.6 Å². The zero-order valence-electron chi connectivity index (χ0n) is 16.8. The van der Waals surface area contributed by atoms with Crippen LogP contribution in [0.4, 0.5) is 11.6 Å². The van der Waals surface area contributed by atoms with E-state index in [4.69, 9.17) is 0 Å². The van der Waals surface area contributed by atoms with Crippen molar-refractivity contribution in [1.82, 2.24) is 24.8 Å². The molecule has 29 heavy (non-hydrogen) atoms. The lowest BCUT2D eigenvalue weighted by atomic mass is 9.99. The molecule has 0 atom stereocenters. The Kier molecular flexibility index (Phi) is 4.84. The normalized spacial score (nSPS) is 20.0. The van der Waals surface area contributed by atoms with Crippen LogP contribution in [0.3, 0.4) is 0 Å². The van der Waals surface area contributed by atoms with Gasteiger partial charge in [0, 0.05) is 24.8 Å². The molecule has 3 aliphatic rings. The summed E-state index contributed by atoms with van der Waals surface area (Å²) in [6, 6.07) is 2.75. The first-order chi connectivity index (χ1) is 14.1. The van der Waals surface area contributed by atoms with Crippen LogP contribution in [0, 0.1) is 0 Å². The van der Waals surface area contributed by atoms with E-state index in [0.717, 1.165) is 44.2 Å². The van der Waals surface area contributed by atoms with Crippen molar-refractivity contribution >= 4 is 21.7 Å². The van der Waals surface area contributed by atoms with Crippen LogP contribution in [0.5, 0.6) is 0 Å². The average molecular weight is 417 g/mol. The standard InChI is InChI=1S/C20H28N6O2S/c1-21-15-8-10-26(11-9-15)29(27,28)20-23-19(24-25-20)22-18-16-6-2-4-13(16)12-14-5-3-7-17(14)18/h12,15,21H,2-11H2,1H3,(H2,22,23,24,25). The monoisotopic (exact) mass is 416 g/mol. The van der Waals surface area contributed by atoms with Crippen LogP contribution in [0.25, 0.3) is 0 Å². The molecule has 2 heterocycles. The molecule has 2 aromatic rings. The maximum Gasteiger partial charge on any atom is 0.278 e. The van der Waals surface area contributed by atoms with E-state index in [0.29, 0.717) is 25.1 Å². The Hall–Kier alpha value is -1.97. The molecule has 5 rings (SSSR count). The van der Waals surface area contributed by atoms with Gasteiger partial charge in [0.15, 0.2) is 0 Å². The number of aryl methyl sites for hydroxylation is 2. The van der Waals surface area contributed by atoms with E-state index >= 15 is 0 Å². The zero-order valence-corrected chi connectivity index (χ0v) is 17.6. The van der Waals surface area contributed by atoms with Crippen molar-refractivity contribution in [1.29, 1.82) is 0 Å². The van der Waals surface area contributed by atoms with Gasteiger partial charge in [-0.15, -0.1) is 10.2 Å². The third kappa shape index (κ3) is 3.35. The second-order valence-electron chi connectivity index (χ2n) is 8.30. The van der Waals surface area contributed by atoms with Gasteiger partial charge in [-0.2, -0.15) is 4.31 Å². The van der Waals surface area contributed by atoms with Gasteiger partial charge >= 0.3 is 0 Å². The first kappa shape index (κ1) is 19.0. The first-order valence-electron chi connectivity index (χ1n) is 10.6. The number of H-pyrrole nitrogens is 1. The molecule has 0 radical (unpaired) electrons. The molecule has 1 aromatic carbocycles. The van der Waals surface area contributed by atoms with Gasteiger partial charge in [-0.05, 0) is 80.7 Å². The summed E-state index contributed by atoms with van der Waals surface area (Å²) in [5.41, 5.74) is 6.70. The fourth-order valence-electron chi connectivity index (χ4n) is 5.01. The lowest BCUT2D eigenvalue weighted by Gasteiger charge is -2.30. The van der Waals surface area contributed by atoms with Crippen molar-refractivity contribution in [3.8, 4) is 0 Å². The number of nitrogens with zero attached hydrogens (tertiary/aromatic N) is 3. The van der Waals surface area contributed by atoms with E-state index in [1.54, 1.807) is 0 Å². The van der Waals surface area contributed by atoms with Crippen LogP contribution in [0.1, 0.15) is 47.9 Å². The number of fused-ring (bicyclic) bond motifs is 2. The fraction of sp³-hybridized carbons (Fsp3) is 0.600. The lowest BCUT2D eigenvalue weighted by molar-refractivity contribution is 0.297. The van der Waals surface area contributed by atoms with Crippen LogP contribution >= 0.6 is 0 Å². The second kappa shape index (κ2) is 7.37. The summed E-state index contributed by atoms with van der Waals surface area (Å²) in [6.07, 6.45) is 8.31. The summed E-state index contributed by atoms with van der Waals surface area (Å²) in [5, 5.41) is 14.6. The Bertz CT molecular complexity index is 992. The molecular weight excluding hydrogens is 388 g/mol. The molecule has 1 aliphatic heterocycles. The molecular formula is C20H28N6O2S. The number of sulfonamides is 1. The van der Waals surface area contributed by atoms with Gasteiger partial charge in [-0.1, -0.05) is 6.07 Å². The maximum atomic E-state index is 13.0. The first-order valence-corrected chi connectivity index (χ1v) is 12.0. The highest BCUT2D eigenvalue weighted by molar-refractivity contribution is 7.88. The molecule has 3 N–H and O–H groups in total. The van der Waals surface area contributed by atoms with Gasteiger partial charge in [0.25, 0.3) is 15.2 Å². The topological polar surface area (TPSA) is 103 Å². The number of hydrogen-bond donors (Lipinski definition) is 3. The molecule has 156 valence electrons. The number of aromatic nitrogens is 3. The second-order valence-corrected chi connectivity index (χ2v) is 10.2. The molecule has 0 spiro atoms. The van der Waals surface area contributed by atoms with Gasteiger partial charge in [0.1, 0.15) is 0 Å². The molecule has 9 heteroatoms. The number of aromatic amines is 1. The van der Waals surface area contributed by atoms with E-state index in [1.165, 1.54) is 39.4 Å². The van der Waals surface area contributed by atoms with Gasteiger partial charge in [-0.3, -0.25) is 4.98 Å². The van der Waals surface area contributed by atoms with E-state index < -0.39 is 10.0 Å². The summed E-state index contributed by atoms with van der Waals surface area (Å²) < 4.78 is 27.4. The molecule has 0 unspecified atom stereocenters. The smallest absolute Gasteiger partial charge is 0.278 e. The number of hydrogen-bond acceptors (Lipinski definition) is 6. The van der Waals surface area contributed by atoms with E-state index in [2.05, 4.69) is 31.9 Å². The Morgan fingerprint density at radius 2 is 1.69 bits per heavy atom. The van der Waals surface area contributed by atoms with Crippen molar-refractivity contribution in [2.24, 2.45) is 0 Å². The van der Waals surface area contributed by atoms with Crippen molar-refractivity contribution in [3.05, 3.63) is 28.3 Å². The van der Waals surface area contributed by atoms with E-state index in [9.17, 15) is 8.42 Å². The highest BCUT2D eigenvalue weighted by Crippen LogP contribution is 2.39. The summed E-state index contributed by atoms with van der Waals surface area (Å²) in [5.74, 6) is 0.406. The highest BCUT2D eigenvalue weighted by Gasteiger charge is 2.32. The average Bonchev–Trinajstić information content (AvgIpc) is 3.48. The molecule has 1 fully saturated rings. The number of nitrogens with one attached hydrogen (secondary N) is 3. The SMILES string of the molecule is CNC1CCN(S(=O)(=O)c2nnc(Nc3c4c(cc5c3CCC5)CCC4)[nH]2)CC1. The molecule has 0 amide bonds. The van der Waals surface area contributed by atoms with Crippen molar-refractivity contribution in [2.45, 2.75) is 62.6 Å². The zero-order chi connectivity index (χ0) is 20.0. The third-order valence-electron chi connectivity index (χ3n) is 6.63. The quantitative estimate of drug-likeness (QED) is 0.688. The van der Waals surface area contributed by atoms with Gasteiger partial charge in [0.2, 0.25) is 5.95 Å². The van der Waals surface area contributed by atoms with Crippen LogP contribution in [-0.4, -0.2) is 54.1 Å². The van der Waals surface area contributed by atoms with Crippen LogP contribution in [0.2, 0.25) is 0 Å². The highest BCUT2D eigenvalue weighted by atomic mass is 32.2. The van der Waals surface area contributed by atoms with Crippen molar-refractivity contribution in [2.75, 3.05) is 25.5 Å². The molecule has 1 aromatic heterocycles. The molecule has 8 nitrogen and oxygen atoms in total. The van der Waals surface area contributed by atoms with Crippen molar-refractivity contribution < 1.29 is 8.42 Å². The number of piperidine rings is 1. The predicted molar refractivity (Wildman–Crippen MR) is 111 cm³/mol. The minimum atomic E-state index is -3.65. The Balaban J connectivity index is 1.39. The summed E-state index contributed by atoms with van der Waals surface area (Å²) in [6.45, 7) is 0.994. The van der Waals surface area contributed by atoms with Crippen LogP contribution in [-0.2, 0) is 35.7 Å². The number of rotatable bonds is 5. The van der Waals surface area contributed by atoms with Crippen LogP contribution in [0.15, 0.2) is 11.2 Å². The molecule has 2 aliphatic carbocycles. The minimum Gasteiger partial charge on any atom is -0.324 e. The Labute approximate surface area is 171 Å². The third-order valence-corrected chi connectivity index (χ3v) is 8.35. The van der Waals surface area contributed by atoms with E-state index in [1.807, 2.05) is 7.05 Å². The molecule has 1 saturated heterocycles. The molecule has 0 saturated carbocycles. The van der Waals surface area contributed by atoms with Gasteiger partial charge in [-0.25, -0.2) is 8.42 Å². The maximum absolute atomic E-state index is 13.0. The minimum absolute atomic E-state index is 0.0767. The fourth-order valence-corrected chi connectivity index (χ4v) is 6.32. The Morgan fingerprint density at radius 3 is 2.31 bits per heavy atom. The Morgan fingerprint density at radius 1 is 1.03 bits per heavy atom. The number of benzene rings is 1. The van der Waals surface area contributed by atoms with Crippen molar-refractivity contribution in [3.63, 3.8) is 0 Å².